The molecule has 0 N–H and O–H groups in total. The number of carbonyl (C=O) groups is 1. The van der Waals surface area contributed by atoms with Crippen LogP contribution in [0.15, 0.2) is 29.0 Å². The van der Waals surface area contributed by atoms with Crippen molar-refractivity contribution in [2.24, 2.45) is 0 Å². The molecule has 1 amide bonds. The molecule has 1 aliphatic heterocycles. The molecule has 1 saturated heterocycles. The zero-order chi connectivity index (χ0) is 17.5. The van der Waals surface area contributed by atoms with E-state index in [1.807, 2.05) is 23.2 Å². The van der Waals surface area contributed by atoms with Crippen LogP contribution in [-0.2, 0) is 12.8 Å². The topological polar surface area (TPSA) is 76.5 Å². The zero-order valence-electron chi connectivity index (χ0n) is 14.6. The maximum absolute atomic E-state index is 13.3. The molecule has 7 heteroatoms. The number of carbonyl (C=O) groups excluding carboxylic acids is 1. The molecule has 5 rings (SSSR count). The number of nitrogens with zero attached hydrogens (tertiary/aromatic N) is 5. The molecule has 3 aromatic rings. The van der Waals surface area contributed by atoms with Crippen LogP contribution in [-0.4, -0.2) is 37.1 Å². The Morgan fingerprint density at radius 1 is 1.15 bits per heavy atom. The summed E-state index contributed by atoms with van der Waals surface area (Å²) in [5.74, 6) is 0.878. The van der Waals surface area contributed by atoms with Crippen molar-refractivity contribution in [2.45, 2.75) is 51.0 Å². The first-order valence-electron chi connectivity index (χ1n) is 9.40. The summed E-state index contributed by atoms with van der Waals surface area (Å²) < 4.78 is 7.21. The SMILES string of the molecule is O=C(c1noc2c1CCCC2)N1CCCCC1c1ccn2nccc2n1. The van der Waals surface area contributed by atoms with Crippen LogP contribution >= 0.6 is 0 Å². The number of aryl methyl sites for hydroxylation is 1. The minimum atomic E-state index is -0.0212. The van der Waals surface area contributed by atoms with Crippen molar-refractivity contribution >= 4 is 11.6 Å². The van der Waals surface area contributed by atoms with Gasteiger partial charge in [0, 0.05) is 30.8 Å². The van der Waals surface area contributed by atoms with Gasteiger partial charge in [-0.05, 0) is 44.6 Å². The van der Waals surface area contributed by atoms with Crippen molar-refractivity contribution in [3.8, 4) is 0 Å². The Morgan fingerprint density at radius 3 is 3.04 bits per heavy atom. The Balaban J connectivity index is 1.49. The third-order valence-electron chi connectivity index (χ3n) is 5.54. The lowest BCUT2D eigenvalue weighted by Gasteiger charge is -2.35. The van der Waals surface area contributed by atoms with Gasteiger partial charge >= 0.3 is 0 Å². The fourth-order valence-corrected chi connectivity index (χ4v) is 4.18. The average molecular weight is 351 g/mol. The molecule has 1 atom stereocenters. The quantitative estimate of drug-likeness (QED) is 0.709. The van der Waals surface area contributed by atoms with Crippen LogP contribution in [0.1, 0.15) is 65.7 Å². The molecule has 0 aromatic carbocycles. The van der Waals surface area contributed by atoms with E-state index in [4.69, 9.17) is 9.51 Å². The van der Waals surface area contributed by atoms with Crippen LogP contribution in [0.25, 0.3) is 5.65 Å². The maximum Gasteiger partial charge on any atom is 0.276 e. The number of aromatic nitrogens is 4. The van der Waals surface area contributed by atoms with Gasteiger partial charge in [0.1, 0.15) is 5.76 Å². The van der Waals surface area contributed by atoms with Crippen LogP contribution < -0.4 is 0 Å². The van der Waals surface area contributed by atoms with E-state index in [1.165, 1.54) is 0 Å². The first kappa shape index (κ1) is 15.5. The lowest BCUT2D eigenvalue weighted by Crippen LogP contribution is -2.39. The lowest BCUT2D eigenvalue weighted by atomic mass is 9.94. The third kappa shape index (κ3) is 2.50. The van der Waals surface area contributed by atoms with Crippen molar-refractivity contribution in [2.75, 3.05) is 6.54 Å². The number of piperidine rings is 1. The van der Waals surface area contributed by atoms with Crippen LogP contribution in [0, 0.1) is 0 Å². The van der Waals surface area contributed by atoms with Gasteiger partial charge in [0.05, 0.1) is 17.9 Å². The van der Waals surface area contributed by atoms with Crippen molar-refractivity contribution in [3.05, 3.63) is 47.2 Å². The standard InChI is InChI=1S/C19H21N5O2/c25-19(18-13-5-1-2-7-16(13)26-22-18)23-11-4-3-6-15(23)14-9-12-24-17(21-14)8-10-20-24/h8-10,12,15H,1-7,11H2. The van der Waals surface area contributed by atoms with E-state index in [9.17, 15) is 4.79 Å². The molecule has 0 spiro atoms. The van der Waals surface area contributed by atoms with E-state index in [2.05, 4.69) is 10.3 Å². The summed E-state index contributed by atoms with van der Waals surface area (Å²) >= 11 is 0. The second-order valence-electron chi connectivity index (χ2n) is 7.14. The Bertz CT molecular complexity index is 960. The van der Waals surface area contributed by atoms with Gasteiger partial charge < -0.3 is 9.42 Å². The molecule has 0 saturated carbocycles. The van der Waals surface area contributed by atoms with Gasteiger partial charge in [-0.15, -0.1) is 0 Å². The Hall–Kier alpha value is -2.70. The second kappa shape index (κ2) is 6.23. The number of fused-ring (bicyclic) bond motifs is 2. The minimum absolute atomic E-state index is 0.0169. The Kier molecular flexibility index (Phi) is 3.72. The second-order valence-corrected chi connectivity index (χ2v) is 7.14. The maximum atomic E-state index is 13.3. The summed E-state index contributed by atoms with van der Waals surface area (Å²) in [6, 6.07) is 3.83. The summed E-state index contributed by atoms with van der Waals surface area (Å²) in [5, 5.41) is 8.34. The molecule has 0 bridgehead atoms. The van der Waals surface area contributed by atoms with E-state index in [-0.39, 0.29) is 11.9 Å². The molecule has 7 nitrogen and oxygen atoms in total. The first-order valence-corrected chi connectivity index (χ1v) is 9.40. The van der Waals surface area contributed by atoms with Gasteiger partial charge in [0.25, 0.3) is 5.91 Å². The fraction of sp³-hybridized carbons (Fsp3) is 0.474. The normalized spacial score (nSPS) is 20.3. The van der Waals surface area contributed by atoms with Crippen LogP contribution in [0.5, 0.6) is 0 Å². The highest BCUT2D eigenvalue weighted by molar-refractivity contribution is 5.94. The molecule has 134 valence electrons. The van der Waals surface area contributed by atoms with Gasteiger partial charge in [-0.25, -0.2) is 9.50 Å². The highest BCUT2D eigenvalue weighted by atomic mass is 16.5. The number of likely N-dealkylation sites (tertiary alicyclic amines) is 1. The molecule has 1 aliphatic carbocycles. The van der Waals surface area contributed by atoms with Crippen molar-refractivity contribution < 1.29 is 9.32 Å². The van der Waals surface area contributed by atoms with Crippen molar-refractivity contribution in [1.29, 1.82) is 0 Å². The van der Waals surface area contributed by atoms with E-state index in [0.717, 1.165) is 74.2 Å². The average Bonchev–Trinajstić information content (AvgIpc) is 3.33. The molecular formula is C19H21N5O2. The molecule has 3 aromatic heterocycles. The van der Waals surface area contributed by atoms with Crippen LogP contribution in [0.4, 0.5) is 0 Å². The third-order valence-corrected chi connectivity index (χ3v) is 5.54. The van der Waals surface area contributed by atoms with E-state index in [0.29, 0.717) is 5.69 Å². The zero-order valence-corrected chi connectivity index (χ0v) is 14.6. The summed E-state index contributed by atoms with van der Waals surface area (Å²) in [6.45, 7) is 0.733. The molecule has 1 fully saturated rings. The summed E-state index contributed by atoms with van der Waals surface area (Å²) in [7, 11) is 0. The number of hydrogen-bond acceptors (Lipinski definition) is 5. The molecule has 26 heavy (non-hydrogen) atoms. The minimum Gasteiger partial charge on any atom is -0.360 e. The van der Waals surface area contributed by atoms with Gasteiger partial charge in [0.2, 0.25) is 0 Å². The van der Waals surface area contributed by atoms with E-state index in [1.54, 1.807) is 10.7 Å². The molecule has 4 heterocycles. The monoisotopic (exact) mass is 351 g/mol. The largest absolute Gasteiger partial charge is 0.360 e. The summed E-state index contributed by atoms with van der Waals surface area (Å²) in [6.07, 6.45) is 10.6. The molecular weight excluding hydrogens is 330 g/mol. The van der Waals surface area contributed by atoms with Gasteiger partial charge in [-0.1, -0.05) is 5.16 Å². The summed E-state index contributed by atoms with van der Waals surface area (Å²) in [4.78, 5) is 19.9. The van der Waals surface area contributed by atoms with Crippen LogP contribution in [0.2, 0.25) is 0 Å². The number of amides is 1. The smallest absolute Gasteiger partial charge is 0.276 e. The molecule has 1 unspecified atom stereocenters. The van der Waals surface area contributed by atoms with Gasteiger partial charge in [-0.2, -0.15) is 5.10 Å². The predicted molar refractivity (Wildman–Crippen MR) is 93.8 cm³/mol. The van der Waals surface area contributed by atoms with E-state index < -0.39 is 0 Å². The van der Waals surface area contributed by atoms with Crippen molar-refractivity contribution in [3.63, 3.8) is 0 Å². The van der Waals surface area contributed by atoms with Crippen LogP contribution in [0.3, 0.4) is 0 Å². The first-order chi connectivity index (χ1) is 12.8. The van der Waals surface area contributed by atoms with Gasteiger partial charge in [-0.3, -0.25) is 4.79 Å². The lowest BCUT2D eigenvalue weighted by molar-refractivity contribution is 0.0594. The fourth-order valence-electron chi connectivity index (χ4n) is 4.18. The molecule has 0 radical (unpaired) electrons. The summed E-state index contributed by atoms with van der Waals surface area (Å²) in [5.41, 5.74) is 3.25. The Morgan fingerprint density at radius 2 is 2.08 bits per heavy atom. The molecule has 2 aliphatic rings. The number of hydrogen-bond donors (Lipinski definition) is 0. The van der Waals surface area contributed by atoms with Gasteiger partial charge in [0.15, 0.2) is 11.3 Å². The highest BCUT2D eigenvalue weighted by Crippen LogP contribution is 2.33. The van der Waals surface area contributed by atoms with Crippen molar-refractivity contribution in [1.82, 2.24) is 24.7 Å². The Labute approximate surface area is 151 Å². The predicted octanol–water partition coefficient (Wildman–Crippen LogP) is 2.96. The number of rotatable bonds is 2. The van der Waals surface area contributed by atoms with E-state index >= 15 is 0 Å². The highest BCUT2D eigenvalue weighted by Gasteiger charge is 2.34.